The molecule has 0 atom stereocenters. The third kappa shape index (κ3) is 6.36. The zero-order valence-corrected chi connectivity index (χ0v) is 21.7. The number of carboxylic acids is 1. The van der Waals surface area contributed by atoms with Crippen LogP contribution in [-0.4, -0.2) is 74.6 Å². The number of aryl methyl sites for hydroxylation is 1. The Labute approximate surface area is 216 Å². The number of carbonyl (C=O) groups excluding carboxylic acids is 1. The fourth-order valence-electron chi connectivity index (χ4n) is 4.27. The highest BCUT2D eigenvalue weighted by Crippen LogP contribution is 2.28. The molecule has 1 aromatic heterocycles. The summed E-state index contributed by atoms with van der Waals surface area (Å²) in [6, 6.07) is 12.8. The molecule has 37 heavy (non-hydrogen) atoms. The number of pyridine rings is 1. The molecule has 1 aliphatic rings. The number of aromatic carboxylic acids is 1. The van der Waals surface area contributed by atoms with Crippen molar-refractivity contribution in [3.05, 3.63) is 59.7 Å². The monoisotopic (exact) mass is 525 g/mol. The van der Waals surface area contributed by atoms with E-state index < -0.39 is 16.0 Å². The lowest BCUT2D eigenvalue weighted by molar-refractivity contribution is -0.122. The first kappa shape index (κ1) is 26.4. The van der Waals surface area contributed by atoms with Gasteiger partial charge in [-0.05, 0) is 55.3 Å². The van der Waals surface area contributed by atoms with Crippen molar-refractivity contribution in [2.75, 3.05) is 48.9 Å². The summed E-state index contributed by atoms with van der Waals surface area (Å²) >= 11 is 0. The fourth-order valence-corrected chi connectivity index (χ4v) is 5.42. The largest absolute Gasteiger partial charge is 0.478 e. The second-order valence-electron chi connectivity index (χ2n) is 9.10. The summed E-state index contributed by atoms with van der Waals surface area (Å²) in [6.07, 6.45) is 0.888. The summed E-state index contributed by atoms with van der Waals surface area (Å²) in [5.41, 5.74) is 1.56. The Morgan fingerprint density at radius 2 is 1.81 bits per heavy atom. The Kier molecular flexibility index (Phi) is 7.94. The van der Waals surface area contributed by atoms with E-state index in [4.69, 9.17) is 0 Å². The highest BCUT2D eigenvalue weighted by atomic mass is 32.2. The second-order valence-corrected chi connectivity index (χ2v) is 10.8. The lowest BCUT2D eigenvalue weighted by Gasteiger charge is -2.35. The number of amides is 1. The average Bonchev–Trinajstić information content (AvgIpc) is 2.87. The standard InChI is InChI=1S/C26H31N5O5S/c1-3-9-27-25(32)17-30-10-12-31(13-11-30)24-16-22(26(33)34)21-15-19(7-8-23(21)28-24)29-37(35,36)20-6-4-5-18(2)14-20/h4-8,14-16,29H,3,9-13,17H2,1-2H3,(H,27,32)(H,33,34). The number of hydrogen-bond acceptors (Lipinski definition) is 7. The Morgan fingerprint density at radius 3 is 2.49 bits per heavy atom. The molecule has 4 rings (SSSR count). The van der Waals surface area contributed by atoms with E-state index in [0.717, 1.165) is 12.0 Å². The van der Waals surface area contributed by atoms with E-state index in [1.54, 1.807) is 24.3 Å². The fraction of sp³-hybridized carbons (Fsp3) is 0.346. The van der Waals surface area contributed by atoms with Gasteiger partial charge in [0.15, 0.2) is 0 Å². The molecule has 0 radical (unpaired) electrons. The Hall–Kier alpha value is -3.70. The number of anilines is 2. The number of carboxylic acid groups (broad SMARTS) is 1. The van der Waals surface area contributed by atoms with Crippen LogP contribution in [0.5, 0.6) is 0 Å². The topological polar surface area (TPSA) is 132 Å². The van der Waals surface area contributed by atoms with Crippen molar-refractivity contribution in [3.63, 3.8) is 0 Å². The number of hydrogen-bond donors (Lipinski definition) is 3. The van der Waals surface area contributed by atoms with Crippen LogP contribution in [0.2, 0.25) is 0 Å². The summed E-state index contributed by atoms with van der Waals surface area (Å²) in [6.45, 7) is 7.32. The van der Waals surface area contributed by atoms with Crippen LogP contribution < -0.4 is 14.9 Å². The number of fused-ring (bicyclic) bond motifs is 1. The predicted octanol–water partition coefficient (Wildman–Crippen LogP) is 2.69. The minimum absolute atomic E-state index is 0.00104. The first-order chi connectivity index (χ1) is 17.7. The van der Waals surface area contributed by atoms with Gasteiger partial charge in [0.1, 0.15) is 5.82 Å². The van der Waals surface area contributed by atoms with E-state index in [2.05, 4.69) is 19.9 Å². The molecule has 1 aliphatic heterocycles. The molecule has 0 saturated carbocycles. The molecule has 0 bridgehead atoms. The molecular formula is C26H31N5O5S. The van der Waals surface area contributed by atoms with Gasteiger partial charge in [-0.2, -0.15) is 0 Å². The molecule has 196 valence electrons. The van der Waals surface area contributed by atoms with E-state index in [9.17, 15) is 23.1 Å². The zero-order chi connectivity index (χ0) is 26.6. The van der Waals surface area contributed by atoms with Crippen molar-refractivity contribution in [1.82, 2.24) is 15.2 Å². The summed E-state index contributed by atoms with van der Waals surface area (Å²) in [7, 11) is -3.84. The van der Waals surface area contributed by atoms with Crippen LogP contribution in [0, 0.1) is 6.92 Å². The Balaban J connectivity index is 1.54. The summed E-state index contributed by atoms with van der Waals surface area (Å²) in [5.74, 6) is -0.590. The molecule has 3 N–H and O–H groups in total. The SMILES string of the molecule is CCCNC(=O)CN1CCN(c2cc(C(=O)O)c3cc(NS(=O)(=O)c4cccc(C)c4)ccc3n2)CC1. The van der Waals surface area contributed by atoms with Crippen molar-refractivity contribution < 1.29 is 23.1 Å². The van der Waals surface area contributed by atoms with Crippen LogP contribution >= 0.6 is 0 Å². The highest BCUT2D eigenvalue weighted by Gasteiger charge is 2.23. The maximum Gasteiger partial charge on any atom is 0.336 e. The number of benzene rings is 2. The van der Waals surface area contributed by atoms with Gasteiger partial charge in [0.2, 0.25) is 5.91 Å². The molecule has 11 heteroatoms. The molecule has 1 fully saturated rings. The normalized spacial score (nSPS) is 14.5. The van der Waals surface area contributed by atoms with E-state index in [1.165, 1.54) is 18.2 Å². The Bertz CT molecular complexity index is 1420. The van der Waals surface area contributed by atoms with Gasteiger partial charge in [-0.3, -0.25) is 14.4 Å². The quantitative estimate of drug-likeness (QED) is 0.389. The van der Waals surface area contributed by atoms with Crippen molar-refractivity contribution in [3.8, 4) is 0 Å². The van der Waals surface area contributed by atoms with E-state index >= 15 is 0 Å². The molecular weight excluding hydrogens is 494 g/mol. The van der Waals surface area contributed by atoms with Gasteiger partial charge in [-0.1, -0.05) is 19.1 Å². The van der Waals surface area contributed by atoms with E-state index in [1.807, 2.05) is 24.8 Å². The third-order valence-corrected chi connectivity index (χ3v) is 7.59. The Morgan fingerprint density at radius 1 is 1.05 bits per heavy atom. The molecule has 3 aromatic rings. The van der Waals surface area contributed by atoms with Crippen LogP contribution in [0.1, 0.15) is 29.3 Å². The van der Waals surface area contributed by atoms with Crippen molar-refractivity contribution >= 4 is 44.3 Å². The summed E-state index contributed by atoms with van der Waals surface area (Å²) in [4.78, 5) is 33.0. The van der Waals surface area contributed by atoms with Crippen molar-refractivity contribution in [2.45, 2.75) is 25.2 Å². The number of piperazine rings is 1. The van der Waals surface area contributed by atoms with Crippen molar-refractivity contribution in [1.29, 1.82) is 0 Å². The number of rotatable bonds is 9. The maximum atomic E-state index is 12.8. The van der Waals surface area contributed by atoms with Gasteiger partial charge in [0.25, 0.3) is 10.0 Å². The first-order valence-electron chi connectivity index (χ1n) is 12.2. The first-order valence-corrected chi connectivity index (χ1v) is 13.7. The molecule has 1 saturated heterocycles. The molecule has 1 amide bonds. The molecule has 2 heterocycles. The maximum absolute atomic E-state index is 12.8. The highest BCUT2D eigenvalue weighted by molar-refractivity contribution is 7.92. The van der Waals surface area contributed by atoms with Crippen LogP contribution in [0.25, 0.3) is 10.9 Å². The van der Waals surface area contributed by atoms with E-state index in [0.29, 0.717) is 56.0 Å². The average molecular weight is 526 g/mol. The second kappa shape index (κ2) is 11.1. The smallest absolute Gasteiger partial charge is 0.336 e. The number of sulfonamides is 1. The minimum Gasteiger partial charge on any atom is -0.478 e. The van der Waals surface area contributed by atoms with Gasteiger partial charge in [-0.25, -0.2) is 18.2 Å². The third-order valence-electron chi connectivity index (χ3n) is 6.21. The lowest BCUT2D eigenvalue weighted by Crippen LogP contribution is -2.49. The zero-order valence-electron chi connectivity index (χ0n) is 20.9. The number of nitrogens with one attached hydrogen (secondary N) is 2. The van der Waals surface area contributed by atoms with Gasteiger partial charge in [0, 0.05) is 43.8 Å². The predicted molar refractivity (Wildman–Crippen MR) is 143 cm³/mol. The van der Waals surface area contributed by atoms with Gasteiger partial charge in [0.05, 0.1) is 22.5 Å². The lowest BCUT2D eigenvalue weighted by atomic mass is 10.1. The molecule has 0 spiro atoms. The molecule has 10 nitrogen and oxygen atoms in total. The van der Waals surface area contributed by atoms with Gasteiger partial charge >= 0.3 is 5.97 Å². The number of carbonyl (C=O) groups is 2. The van der Waals surface area contributed by atoms with Crippen LogP contribution in [0.4, 0.5) is 11.5 Å². The van der Waals surface area contributed by atoms with Crippen LogP contribution in [0.3, 0.4) is 0 Å². The summed E-state index contributed by atoms with van der Waals surface area (Å²) in [5, 5.41) is 13.1. The van der Waals surface area contributed by atoms with E-state index in [-0.39, 0.29) is 22.1 Å². The minimum atomic E-state index is -3.84. The molecule has 0 unspecified atom stereocenters. The van der Waals surface area contributed by atoms with Crippen molar-refractivity contribution in [2.24, 2.45) is 0 Å². The number of nitrogens with zero attached hydrogens (tertiary/aromatic N) is 3. The molecule has 0 aliphatic carbocycles. The molecule has 2 aromatic carbocycles. The van der Waals surface area contributed by atoms with Crippen LogP contribution in [0.15, 0.2) is 53.4 Å². The number of aromatic nitrogens is 1. The summed E-state index contributed by atoms with van der Waals surface area (Å²) < 4.78 is 28.2. The van der Waals surface area contributed by atoms with Gasteiger partial charge < -0.3 is 15.3 Å². The van der Waals surface area contributed by atoms with Crippen LogP contribution in [-0.2, 0) is 14.8 Å². The van der Waals surface area contributed by atoms with Gasteiger partial charge in [-0.15, -0.1) is 0 Å².